The molecule has 2 rings (SSSR count). The molecular formula is C13H13ClFIN2O2. The summed E-state index contributed by atoms with van der Waals surface area (Å²) in [6.07, 6.45) is 0.515. The van der Waals surface area contributed by atoms with Gasteiger partial charge < -0.3 is 9.84 Å². The highest BCUT2D eigenvalue weighted by Crippen LogP contribution is 2.31. The molecule has 1 aromatic carbocycles. The van der Waals surface area contributed by atoms with Crippen LogP contribution in [0.1, 0.15) is 17.4 Å². The Morgan fingerprint density at radius 2 is 2.30 bits per heavy atom. The van der Waals surface area contributed by atoms with E-state index in [0.29, 0.717) is 33.0 Å². The van der Waals surface area contributed by atoms with Crippen LogP contribution in [0, 0.1) is 9.39 Å². The van der Waals surface area contributed by atoms with Crippen molar-refractivity contribution in [1.82, 2.24) is 9.78 Å². The highest BCUT2D eigenvalue weighted by Gasteiger charge is 2.22. The van der Waals surface area contributed by atoms with Gasteiger partial charge in [-0.25, -0.2) is 4.39 Å². The first-order valence-corrected chi connectivity index (χ1v) is 7.33. The van der Waals surface area contributed by atoms with Gasteiger partial charge in [-0.05, 0) is 34.7 Å². The SMILES string of the molecule is COCCn1ncc(Cl)c1C(O)c1ccc(F)cc1I. The normalized spacial score (nSPS) is 12.7. The highest BCUT2D eigenvalue weighted by atomic mass is 127. The molecule has 0 aliphatic carbocycles. The molecule has 0 fully saturated rings. The molecule has 1 unspecified atom stereocenters. The average molecular weight is 411 g/mol. The Morgan fingerprint density at radius 3 is 2.95 bits per heavy atom. The molecule has 0 aliphatic rings. The van der Waals surface area contributed by atoms with Gasteiger partial charge in [-0.1, -0.05) is 17.7 Å². The van der Waals surface area contributed by atoms with Gasteiger partial charge in [0, 0.05) is 16.2 Å². The summed E-state index contributed by atoms with van der Waals surface area (Å²) >= 11 is 8.07. The third kappa shape index (κ3) is 3.30. The number of halogens is 3. The smallest absolute Gasteiger partial charge is 0.124 e. The molecule has 0 saturated carbocycles. The third-order valence-corrected chi connectivity index (χ3v) is 4.08. The first-order valence-electron chi connectivity index (χ1n) is 5.87. The van der Waals surface area contributed by atoms with E-state index in [4.69, 9.17) is 16.3 Å². The van der Waals surface area contributed by atoms with Gasteiger partial charge in [-0.3, -0.25) is 4.68 Å². The van der Waals surface area contributed by atoms with Crippen molar-refractivity contribution in [3.05, 3.63) is 50.1 Å². The predicted molar refractivity (Wildman–Crippen MR) is 82.3 cm³/mol. The molecule has 0 aliphatic heterocycles. The molecule has 4 nitrogen and oxygen atoms in total. The minimum atomic E-state index is -0.964. The molecule has 0 radical (unpaired) electrons. The molecule has 2 aromatic rings. The number of aromatic nitrogens is 2. The van der Waals surface area contributed by atoms with Crippen LogP contribution in [0.2, 0.25) is 5.02 Å². The molecule has 7 heteroatoms. The first-order chi connectivity index (χ1) is 9.54. The average Bonchev–Trinajstić information content (AvgIpc) is 2.77. The lowest BCUT2D eigenvalue weighted by molar-refractivity contribution is 0.171. The van der Waals surface area contributed by atoms with Gasteiger partial charge in [-0.15, -0.1) is 0 Å². The highest BCUT2D eigenvalue weighted by molar-refractivity contribution is 14.1. The van der Waals surface area contributed by atoms with Crippen molar-refractivity contribution >= 4 is 34.2 Å². The van der Waals surface area contributed by atoms with E-state index >= 15 is 0 Å². The molecule has 0 bridgehead atoms. The summed E-state index contributed by atoms with van der Waals surface area (Å²) in [6.45, 7) is 0.936. The molecule has 0 amide bonds. The summed E-state index contributed by atoms with van der Waals surface area (Å²) in [5.41, 5.74) is 1.07. The Morgan fingerprint density at radius 1 is 1.55 bits per heavy atom. The van der Waals surface area contributed by atoms with E-state index in [-0.39, 0.29) is 5.82 Å². The van der Waals surface area contributed by atoms with Crippen LogP contribution >= 0.6 is 34.2 Å². The second-order valence-corrected chi connectivity index (χ2v) is 5.73. The van der Waals surface area contributed by atoms with Crippen LogP contribution in [0.4, 0.5) is 4.39 Å². The Balaban J connectivity index is 2.37. The van der Waals surface area contributed by atoms with E-state index < -0.39 is 6.10 Å². The minimum absolute atomic E-state index is 0.343. The van der Waals surface area contributed by atoms with Crippen LogP contribution in [0.15, 0.2) is 24.4 Å². The molecule has 20 heavy (non-hydrogen) atoms. The fraction of sp³-hybridized carbons (Fsp3) is 0.308. The lowest BCUT2D eigenvalue weighted by Crippen LogP contribution is -2.14. The molecule has 0 saturated heterocycles. The van der Waals surface area contributed by atoms with E-state index in [9.17, 15) is 9.50 Å². The second-order valence-electron chi connectivity index (χ2n) is 4.16. The van der Waals surface area contributed by atoms with Crippen molar-refractivity contribution in [3.63, 3.8) is 0 Å². The van der Waals surface area contributed by atoms with Crippen LogP contribution in [0.25, 0.3) is 0 Å². The number of hydrogen-bond acceptors (Lipinski definition) is 3. The summed E-state index contributed by atoms with van der Waals surface area (Å²) in [5, 5.41) is 15.0. The number of benzene rings is 1. The number of rotatable bonds is 5. The molecule has 1 heterocycles. The summed E-state index contributed by atoms with van der Waals surface area (Å²) in [7, 11) is 1.59. The van der Waals surface area contributed by atoms with Crippen molar-refractivity contribution in [2.45, 2.75) is 12.6 Å². The van der Waals surface area contributed by atoms with Crippen LogP contribution in [0.5, 0.6) is 0 Å². The van der Waals surface area contributed by atoms with Gasteiger partial charge in [0.2, 0.25) is 0 Å². The second kappa shape index (κ2) is 6.84. The molecule has 1 atom stereocenters. The standard InChI is InChI=1S/C13H13ClFIN2O2/c1-20-5-4-18-12(10(14)7-17-18)13(19)9-3-2-8(15)6-11(9)16/h2-3,6-7,13,19H,4-5H2,1H3. The topological polar surface area (TPSA) is 47.3 Å². The van der Waals surface area contributed by atoms with Gasteiger partial charge in [0.25, 0.3) is 0 Å². The van der Waals surface area contributed by atoms with Crippen molar-refractivity contribution < 1.29 is 14.2 Å². The molecule has 1 aromatic heterocycles. The van der Waals surface area contributed by atoms with Crippen LogP contribution in [0.3, 0.4) is 0 Å². The number of methoxy groups -OCH3 is 1. The maximum atomic E-state index is 13.1. The predicted octanol–water partition coefficient (Wildman–Crippen LogP) is 3.01. The van der Waals surface area contributed by atoms with Crippen molar-refractivity contribution in [3.8, 4) is 0 Å². The summed E-state index contributed by atoms with van der Waals surface area (Å²) < 4.78 is 20.4. The third-order valence-electron chi connectivity index (χ3n) is 2.86. The zero-order valence-electron chi connectivity index (χ0n) is 10.7. The first kappa shape index (κ1) is 15.7. The zero-order valence-corrected chi connectivity index (χ0v) is 13.6. The van der Waals surface area contributed by atoms with Gasteiger partial charge in [0.05, 0.1) is 30.1 Å². The van der Waals surface area contributed by atoms with Crippen LogP contribution < -0.4 is 0 Å². The van der Waals surface area contributed by atoms with Gasteiger partial charge in [0.1, 0.15) is 11.9 Å². The lowest BCUT2D eigenvalue weighted by Gasteiger charge is -2.16. The monoisotopic (exact) mass is 410 g/mol. The van der Waals surface area contributed by atoms with E-state index in [1.807, 2.05) is 22.6 Å². The van der Waals surface area contributed by atoms with Gasteiger partial charge in [-0.2, -0.15) is 5.10 Å². The molecule has 0 spiro atoms. The van der Waals surface area contributed by atoms with E-state index in [2.05, 4.69) is 5.10 Å². The lowest BCUT2D eigenvalue weighted by atomic mass is 10.1. The molecule has 108 valence electrons. The molecule has 1 N–H and O–H groups in total. The largest absolute Gasteiger partial charge is 0.383 e. The fourth-order valence-corrected chi connectivity index (χ4v) is 2.89. The van der Waals surface area contributed by atoms with Crippen LogP contribution in [-0.2, 0) is 11.3 Å². The quantitative estimate of drug-likeness (QED) is 0.771. The van der Waals surface area contributed by atoms with Crippen molar-refractivity contribution in [1.29, 1.82) is 0 Å². The van der Waals surface area contributed by atoms with Crippen molar-refractivity contribution in [2.24, 2.45) is 0 Å². The number of aliphatic hydroxyl groups is 1. The Hall–Kier alpha value is -0.700. The van der Waals surface area contributed by atoms with E-state index in [1.54, 1.807) is 17.9 Å². The number of aliphatic hydroxyl groups excluding tert-OH is 1. The molecular weight excluding hydrogens is 398 g/mol. The maximum absolute atomic E-state index is 13.1. The zero-order chi connectivity index (χ0) is 14.7. The van der Waals surface area contributed by atoms with E-state index in [1.165, 1.54) is 18.3 Å². The Labute approximate surface area is 134 Å². The minimum Gasteiger partial charge on any atom is -0.383 e. The van der Waals surface area contributed by atoms with Gasteiger partial charge in [0.15, 0.2) is 0 Å². The van der Waals surface area contributed by atoms with E-state index in [0.717, 1.165) is 0 Å². The summed E-state index contributed by atoms with van der Waals surface area (Å²) in [6, 6.07) is 4.22. The number of ether oxygens (including phenoxy) is 1. The Kier molecular flexibility index (Phi) is 5.36. The maximum Gasteiger partial charge on any atom is 0.124 e. The summed E-state index contributed by atoms with van der Waals surface area (Å²) in [4.78, 5) is 0. The Bertz CT molecular complexity index is 606. The van der Waals surface area contributed by atoms with Gasteiger partial charge >= 0.3 is 0 Å². The summed E-state index contributed by atoms with van der Waals surface area (Å²) in [5.74, 6) is -0.343. The fourth-order valence-electron chi connectivity index (χ4n) is 1.87. The van der Waals surface area contributed by atoms with Crippen molar-refractivity contribution in [2.75, 3.05) is 13.7 Å². The van der Waals surface area contributed by atoms with Crippen LogP contribution in [-0.4, -0.2) is 28.6 Å². The number of hydrogen-bond donors (Lipinski definition) is 1. The number of nitrogens with zero attached hydrogens (tertiary/aromatic N) is 2.